The van der Waals surface area contributed by atoms with Crippen molar-refractivity contribution in [3.63, 3.8) is 0 Å². The third-order valence-electron chi connectivity index (χ3n) is 2.27. The molecule has 1 rings (SSSR count). The molecule has 92 valence electrons. The first-order valence-corrected chi connectivity index (χ1v) is 5.16. The number of urea groups is 1. The third-order valence-corrected chi connectivity index (χ3v) is 2.27. The third kappa shape index (κ3) is 4.45. The Hall–Kier alpha value is -1.34. The molecular weight excluding hydrogens is 214 g/mol. The van der Waals surface area contributed by atoms with Crippen molar-refractivity contribution < 1.29 is 19.4 Å². The molecule has 1 aliphatic rings. The van der Waals surface area contributed by atoms with Crippen LogP contribution in [-0.4, -0.2) is 66.9 Å². The molecule has 1 aliphatic heterocycles. The van der Waals surface area contributed by atoms with Crippen LogP contribution in [0.4, 0.5) is 4.79 Å². The highest BCUT2D eigenvalue weighted by molar-refractivity contribution is 5.74. The van der Waals surface area contributed by atoms with Gasteiger partial charge >= 0.3 is 12.0 Å². The van der Waals surface area contributed by atoms with Crippen molar-refractivity contribution in [2.75, 3.05) is 39.9 Å². The van der Waals surface area contributed by atoms with Gasteiger partial charge in [-0.3, -0.25) is 10.2 Å². The van der Waals surface area contributed by atoms with E-state index in [4.69, 9.17) is 9.84 Å². The van der Waals surface area contributed by atoms with E-state index in [2.05, 4.69) is 5.43 Å². The van der Waals surface area contributed by atoms with Crippen LogP contribution in [0.15, 0.2) is 0 Å². The number of rotatable bonds is 4. The SMILES string of the molecule is CN(CCC(=O)O)C(=O)NN1CCOCC1. The predicted octanol–water partition coefficient (Wildman–Crippen LogP) is -0.650. The van der Waals surface area contributed by atoms with E-state index in [1.807, 2.05) is 0 Å². The van der Waals surface area contributed by atoms with Gasteiger partial charge in [-0.15, -0.1) is 0 Å². The average Bonchev–Trinajstić information content (AvgIpc) is 2.27. The highest BCUT2D eigenvalue weighted by atomic mass is 16.5. The molecule has 1 heterocycles. The zero-order valence-corrected chi connectivity index (χ0v) is 9.31. The summed E-state index contributed by atoms with van der Waals surface area (Å²) in [5.41, 5.74) is 2.69. The van der Waals surface area contributed by atoms with Crippen molar-refractivity contribution in [2.45, 2.75) is 6.42 Å². The van der Waals surface area contributed by atoms with E-state index in [0.29, 0.717) is 26.3 Å². The zero-order chi connectivity index (χ0) is 12.0. The lowest BCUT2D eigenvalue weighted by molar-refractivity contribution is -0.137. The topological polar surface area (TPSA) is 82.1 Å². The molecule has 0 aromatic heterocycles. The highest BCUT2D eigenvalue weighted by Crippen LogP contribution is 1.95. The minimum absolute atomic E-state index is 0.0486. The Balaban J connectivity index is 2.24. The lowest BCUT2D eigenvalue weighted by atomic mass is 10.4. The van der Waals surface area contributed by atoms with E-state index >= 15 is 0 Å². The minimum Gasteiger partial charge on any atom is -0.481 e. The largest absolute Gasteiger partial charge is 0.481 e. The first-order valence-electron chi connectivity index (χ1n) is 5.16. The molecule has 0 bridgehead atoms. The summed E-state index contributed by atoms with van der Waals surface area (Å²) >= 11 is 0. The Bertz CT molecular complexity index is 253. The van der Waals surface area contributed by atoms with E-state index < -0.39 is 5.97 Å². The molecule has 2 amide bonds. The number of carbonyl (C=O) groups is 2. The maximum atomic E-state index is 11.6. The van der Waals surface area contributed by atoms with Crippen molar-refractivity contribution in [2.24, 2.45) is 0 Å². The molecule has 0 unspecified atom stereocenters. The van der Waals surface area contributed by atoms with E-state index in [9.17, 15) is 9.59 Å². The Labute approximate surface area is 93.9 Å². The van der Waals surface area contributed by atoms with Crippen LogP contribution in [0.5, 0.6) is 0 Å². The summed E-state index contributed by atoms with van der Waals surface area (Å²) in [6.45, 7) is 2.70. The van der Waals surface area contributed by atoms with Crippen molar-refractivity contribution in [1.82, 2.24) is 15.3 Å². The van der Waals surface area contributed by atoms with Crippen LogP contribution in [0, 0.1) is 0 Å². The lowest BCUT2D eigenvalue weighted by Gasteiger charge is -2.29. The molecule has 0 spiro atoms. The van der Waals surface area contributed by atoms with Gasteiger partial charge in [0.1, 0.15) is 0 Å². The second-order valence-corrected chi connectivity index (χ2v) is 3.58. The summed E-state index contributed by atoms with van der Waals surface area (Å²) in [6, 6.07) is -0.289. The normalized spacial score (nSPS) is 16.8. The summed E-state index contributed by atoms with van der Waals surface area (Å²) < 4.78 is 5.14. The fraction of sp³-hybridized carbons (Fsp3) is 0.778. The summed E-state index contributed by atoms with van der Waals surface area (Å²) in [5.74, 6) is -0.911. The van der Waals surface area contributed by atoms with Gasteiger partial charge < -0.3 is 14.7 Å². The molecule has 2 N–H and O–H groups in total. The van der Waals surface area contributed by atoms with E-state index in [1.54, 1.807) is 12.1 Å². The molecule has 16 heavy (non-hydrogen) atoms. The van der Waals surface area contributed by atoms with Crippen LogP contribution < -0.4 is 5.43 Å². The summed E-state index contributed by atoms with van der Waals surface area (Å²) in [6.07, 6.45) is -0.0486. The smallest absolute Gasteiger partial charge is 0.331 e. The van der Waals surface area contributed by atoms with Gasteiger partial charge in [0.05, 0.1) is 19.6 Å². The Kier molecular flexibility index (Phi) is 5.00. The number of aliphatic carboxylic acids is 1. The van der Waals surface area contributed by atoms with Gasteiger partial charge in [0, 0.05) is 26.7 Å². The van der Waals surface area contributed by atoms with E-state index in [1.165, 1.54) is 4.90 Å². The second-order valence-electron chi connectivity index (χ2n) is 3.58. The van der Waals surface area contributed by atoms with Crippen molar-refractivity contribution in [3.05, 3.63) is 0 Å². The molecule has 0 atom stereocenters. The number of hydrogen-bond donors (Lipinski definition) is 2. The summed E-state index contributed by atoms with van der Waals surface area (Å²) in [4.78, 5) is 23.2. The molecule has 1 fully saturated rings. The van der Waals surface area contributed by atoms with Crippen LogP contribution in [0.1, 0.15) is 6.42 Å². The monoisotopic (exact) mass is 231 g/mol. The second kappa shape index (κ2) is 6.29. The van der Waals surface area contributed by atoms with Crippen molar-refractivity contribution in [1.29, 1.82) is 0 Å². The number of carboxylic acids is 1. The highest BCUT2D eigenvalue weighted by Gasteiger charge is 2.15. The lowest BCUT2D eigenvalue weighted by Crippen LogP contribution is -2.52. The fourth-order valence-corrected chi connectivity index (χ4v) is 1.26. The van der Waals surface area contributed by atoms with Crippen molar-refractivity contribution >= 4 is 12.0 Å². The number of amides is 2. The molecule has 0 radical (unpaired) electrons. The zero-order valence-electron chi connectivity index (χ0n) is 9.31. The first kappa shape index (κ1) is 12.7. The molecule has 0 aromatic rings. The number of hydrogen-bond acceptors (Lipinski definition) is 4. The maximum absolute atomic E-state index is 11.6. The molecule has 7 heteroatoms. The van der Waals surface area contributed by atoms with E-state index in [-0.39, 0.29) is 19.0 Å². The minimum atomic E-state index is -0.911. The van der Waals surface area contributed by atoms with Gasteiger partial charge in [-0.1, -0.05) is 0 Å². The Morgan fingerprint density at radius 2 is 2.06 bits per heavy atom. The number of ether oxygens (including phenoxy) is 1. The molecule has 1 saturated heterocycles. The van der Waals surface area contributed by atoms with Gasteiger partial charge in [-0.2, -0.15) is 0 Å². The van der Waals surface area contributed by atoms with Crippen LogP contribution >= 0.6 is 0 Å². The Morgan fingerprint density at radius 1 is 1.44 bits per heavy atom. The van der Waals surface area contributed by atoms with Gasteiger partial charge in [0.25, 0.3) is 0 Å². The Morgan fingerprint density at radius 3 is 2.62 bits per heavy atom. The van der Waals surface area contributed by atoms with Crippen LogP contribution in [0.25, 0.3) is 0 Å². The van der Waals surface area contributed by atoms with Crippen LogP contribution in [0.2, 0.25) is 0 Å². The van der Waals surface area contributed by atoms with Crippen molar-refractivity contribution in [3.8, 4) is 0 Å². The van der Waals surface area contributed by atoms with Gasteiger partial charge in [-0.25, -0.2) is 9.80 Å². The molecule has 0 aliphatic carbocycles. The van der Waals surface area contributed by atoms with Gasteiger partial charge in [0.2, 0.25) is 0 Å². The standard InChI is InChI=1S/C9H17N3O4/c1-11(3-2-8(13)14)9(15)10-12-4-6-16-7-5-12/h2-7H2,1H3,(H,10,15)(H,13,14). The molecular formula is C9H17N3O4. The fourth-order valence-electron chi connectivity index (χ4n) is 1.26. The number of carbonyl (C=O) groups excluding carboxylic acids is 1. The number of hydrazine groups is 1. The summed E-state index contributed by atoms with van der Waals surface area (Å²) in [7, 11) is 1.57. The number of carboxylic acid groups (broad SMARTS) is 1. The maximum Gasteiger partial charge on any atom is 0.331 e. The van der Waals surface area contributed by atoms with Crippen LogP contribution in [-0.2, 0) is 9.53 Å². The van der Waals surface area contributed by atoms with Gasteiger partial charge in [-0.05, 0) is 0 Å². The predicted molar refractivity (Wildman–Crippen MR) is 55.8 cm³/mol. The number of morpholine rings is 1. The summed E-state index contributed by atoms with van der Waals surface area (Å²) in [5, 5.41) is 10.2. The number of nitrogens with zero attached hydrogens (tertiary/aromatic N) is 2. The average molecular weight is 231 g/mol. The van der Waals surface area contributed by atoms with Gasteiger partial charge in [0.15, 0.2) is 0 Å². The molecule has 7 nitrogen and oxygen atoms in total. The van der Waals surface area contributed by atoms with E-state index in [0.717, 1.165) is 0 Å². The number of nitrogens with one attached hydrogen (secondary N) is 1. The van der Waals surface area contributed by atoms with Crippen LogP contribution in [0.3, 0.4) is 0 Å². The quantitative estimate of drug-likeness (QED) is 0.672. The molecule has 0 saturated carbocycles. The first-order chi connectivity index (χ1) is 7.59. The molecule has 0 aromatic carbocycles.